The molecule has 0 aliphatic carbocycles. The Morgan fingerprint density at radius 3 is 2.22 bits per heavy atom. The molecule has 1 N–H and O–H groups in total. The Kier molecular flexibility index (Phi) is 4.99. The van der Waals surface area contributed by atoms with Crippen LogP contribution in [0.2, 0.25) is 0 Å². The summed E-state index contributed by atoms with van der Waals surface area (Å²) < 4.78 is 0. The minimum absolute atomic E-state index is 0.163. The minimum atomic E-state index is -0.939. The monoisotopic (exact) mass is 256 g/mol. The lowest BCUT2D eigenvalue weighted by molar-refractivity contribution is -0.142. The van der Waals surface area contributed by atoms with Crippen molar-refractivity contribution in [1.82, 2.24) is 9.80 Å². The number of hydrogen-bond donors (Lipinski definition) is 1. The van der Waals surface area contributed by atoms with Crippen molar-refractivity contribution in [3.05, 3.63) is 0 Å². The molecule has 0 bridgehead atoms. The van der Waals surface area contributed by atoms with E-state index in [1.807, 2.05) is 18.7 Å². The molecule has 1 saturated heterocycles. The molecule has 0 aromatic heterocycles. The van der Waals surface area contributed by atoms with Crippen molar-refractivity contribution in [2.45, 2.75) is 64.6 Å². The number of amides is 2. The second kappa shape index (κ2) is 6.07. The number of carboxylic acids is 1. The van der Waals surface area contributed by atoms with Crippen molar-refractivity contribution in [3.8, 4) is 0 Å². The number of hydrogen-bond acceptors (Lipinski definition) is 2. The van der Waals surface area contributed by atoms with E-state index >= 15 is 0 Å². The van der Waals surface area contributed by atoms with Crippen molar-refractivity contribution in [2.75, 3.05) is 7.05 Å². The highest BCUT2D eigenvalue weighted by Crippen LogP contribution is 2.24. The van der Waals surface area contributed by atoms with Gasteiger partial charge in [0.25, 0.3) is 0 Å². The molecule has 3 atom stereocenters. The fraction of sp³-hybridized carbons (Fsp3) is 0.846. The fourth-order valence-electron chi connectivity index (χ4n) is 2.73. The molecule has 2 amide bonds. The molecule has 1 aliphatic rings. The van der Waals surface area contributed by atoms with E-state index in [2.05, 4.69) is 0 Å². The van der Waals surface area contributed by atoms with Gasteiger partial charge < -0.3 is 14.9 Å². The molecule has 5 nitrogen and oxygen atoms in total. The van der Waals surface area contributed by atoms with Gasteiger partial charge in [0, 0.05) is 19.1 Å². The van der Waals surface area contributed by atoms with Gasteiger partial charge in [-0.15, -0.1) is 0 Å². The van der Waals surface area contributed by atoms with E-state index in [4.69, 9.17) is 5.11 Å². The van der Waals surface area contributed by atoms with Crippen LogP contribution >= 0.6 is 0 Å². The Bertz CT molecular complexity index is 309. The Hall–Kier alpha value is -1.26. The zero-order chi connectivity index (χ0) is 13.9. The number of likely N-dealkylation sites (tertiary alicyclic amines) is 1. The lowest BCUT2D eigenvalue weighted by Crippen LogP contribution is -2.55. The number of urea groups is 1. The van der Waals surface area contributed by atoms with Gasteiger partial charge in [-0.2, -0.15) is 0 Å². The predicted octanol–water partition coefficient (Wildman–Crippen LogP) is 2.16. The van der Waals surface area contributed by atoms with Crippen LogP contribution in [0.1, 0.15) is 46.5 Å². The SMILES string of the molecule is CCC(C(=O)O)N(C)C(=O)N1C(C)CCCC1C. The summed E-state index contributed by atoms with van der Waals surface area (Å²) in [5.74, 6) is -0.939. The average Bonchev–Trinajstić information content (AvgIpc) is 2.28. The number of likely N-dealkylation sites (N-methyl/N-ethyl adjacent to an activating group) is 1. The van der Waals surface area contributed by atoms with Gasteiger partial charge in [0.05, 0.1) is 0 Å². The van der Waals surface area contributed by atoms with Crippen LogP contribution in [0.3, 0.4) is 0 Å². The smallest absolute Gasteiger partial charge is 0.326 e. The van der Waals surface area contributed by atoms with E-state index in [0.717, 1.165) is 19.3 Å². The van der Waals surface area contributed by atoms with Crippen LogP contribution in [0.25, 0.3) is 0 Å². The van der Waals surface area contributed by atoms with Crippen LogP contribution in [0.4, 0.5) is 4.79 Å². The standard InChI is InChI=1S/C13H24N2O3/c1-5-11(12(16)17)14(4)13(18)15-9(2)7-6-8-10(15)3/h9-11H,5-8H2,1-4H3,(H,16,17). The van der Waals surface area contributed by atoms with Crippen molar-refractivity contribution < 1.29 is 14.7 Å². The molecule has 1 fully saturated rings. The average molecular weight is 256 g/mol. The Morgan fingerprint density at radius 1 is 1.33 bits per heavy atom. The van der Waals surface area contributed by atoms with Crippen LogP contribution in [-0.4, -0.2) is 52.1 Å². The topological polar surface area (TPSA) is 60.9 Å². The summed E-state index contributed by atoms with van der Waals surface area (Å²) in [7, 11) is 1.58. The van der Waals surface area contributed by atoms with Gasteiger partial charge in [-0.05, 0) is 39.5 Å². The van der Waals surface area contributed by atoms with Crippen LogP contribution < -0.4 is 0 Å². The predicted molar refractivity (Wildman–Crippen MR) is 69.5 cm³/mol. The van der Waals surface area contributed by atoms with Gasteiger partial charge >= 0.3 is 12.0 Å². The molecule has 104 valence electrons. The van der Waals surface area contributed by atoms with Gasteiger partial charge in [0.1, 0.15) is 6.04 Å². The molecule has 3 unspecified atom stereocenters. The third-order valence-electron chi connectivity index (χ3n) is 3.86. The van der Waals surface area contributed by atoms with Crippen LogP contribution in [0, 0.1) is 0 Å². The molecule has 18 heavy (non-hydrogen) atoms. The van der Waals surface area contributed by atoms with E-state index in [-0.39, 0.29) is 18.1 Å². The van der Waals surface area contributed by atoms with Crippen molar-refractivity contribution >= 4 is 12.0 Å². The van der Waals surface area contributed by atoms with Gasteiger partial charge in [-0.1, -0.05) is 6.92 Å². The highest BCUT2D eigenvalue weighted by atomic mass is 16.4. The second-order valence-electron chi connectivity index (χ2n) is 5.19. The summed E-state index contributed by atoms with van der Waals surface area (Å²) >= 11 is 0. The molecule has 0 saturated carbocycles. The molecular weight excluding hydrogens is 232 g/mol. The molecule has 1 heterocycles. The second-order valence-corrected chi connectivity index (χ2v) is 5.19. The first-order chi connectivity index (χ1) is 8.40. The molecule has 0 spiro atoms. The number of carboxylic acid groups (broad SMARTS) is 1. The van der Waals surface area contributed by atoms with Crippen molar-refractivity contribution in [1.29, 1.82) is 0 Å². The van der Waals surface area contributed by atoms with Gasteiger partial charge in [-0.3, -0.25) is 0 Å². The maximum atomic E-state index is 12.4. The van der Waals surface area contributed by atoms with E-state index < -0.39 is 12.0 Å². The molecular formula is C13H24N2O3. The largest absolute Gasteiger partial charge is 0.480 e. The molecule has 0 aromatic rings. The Balaban J connectivity index is 2.81. The quantitative estimate of drug-likeness (QED) is 0.841. The van der Waals surface area contributed by atoms with E-state index in [9.17, 15) is 9.59 Å². The first kappa shape index (κ1) is 14.8. The Labute approximate surface area is 109 Å². The molecule has 1 rings (SSSR count). The van der Waals surface area contributed by atoms with Crippen molar-refractivity contribution in [3.63, 3.8) is 0 Å². The molecule has 5 heteroatoms. The zero-order valence-electron chi connectivity index (χ0n) is 11.7. The van der Waals surface area contributed by atoms with Crippen LogP contribution in [0.15, 0.2) is 0 Å². The van der Waals surface area contributed by atoms with Gasteiger partial charge in [0.15, 0.2) is 0 Å². The molecule has 0 aromatic carbocycles. The number of carbonyl (C=O) groups is 2. The Morgan fingerprint density at radius 2 is 1.83 bits per heavy atom. The van der Waals surface area contributed by atoms with E-state index in [1.165, 1.54) is 4.90 Å². The zero-order valence-corrected chi connectivity index (χ0v) is 11.7. The van der Waals surface area contributed by atoms with Crippen molar-refractivity contribution in [2.24, 2.45) is 0 Å². The maximum Gasteiger partial charge on any atom is 0.326 e. The maximum absolute atomic E-state index is 12.4. The fourth-order valence-corrected chi connectivity index (χ4v) is 2.73. The third-order valence-corrected chi connectivity index (χ3v) is 3.86. The first-order valence-corrected chi connectivity index (χ1v) is 6.68. The summed E-state index contributed by atoms with van der Waals surface area (Å²) in [6, 6.07) is -0.521. The lowest BCUT2D eigenvalue weighted by Gasteiger charge is -2.42. The van der Waals surface area contributed by atoms with Gasteiger partial charge in [-0.25, -0.2) is 9.59 Å². The number of carbonyl (C=O) groups excluding carboxylic acids is 1. The highest BCUT2D eigenvalue weighted by molar-refractivity contribution is 5.82. The van der Waals surface area contributed by atoms with E-state index in [1.54, 1.807) is 14.0 Å². The number of nitrogens with zero attached hydrogens (tertiary/aromatic N) is 2. The summed E-state index contributed by atoms with van der Waals surface area (Å²) in [5.41, 5.74) is 0. The normalized spacial score (nSPS) is 25.7. The number of piperidine rings is 1. The molecule has 0 radical (unpaired) electrons. The summed E-state index contributed by atoms with van der Waals surface area (Å²) in [5, 5.41) is 9.11. The minimum Gasteiger partial charge on any atom is -0.480 e. The lowest BCUT2D eigenvalue weighted by atomic mass is 9.98. The van der Waals surface area contributed by atoms with Crippen LogP contribution in [0.5, 0.6) is 0 Å². The van der Waals surface area contributed by atoms with E-state index in [0.29, 0.717) is 6.42 Å². The van der Waals surface area contributed by atoms with Crippen LogP contribution in [-0.2, 0) is 4.79 Å². The number of aliphatic carboxylic acids is 1. The van der Waals surface area contributed by atoms with Gasteiger partial charge in [0.2, 0.25) is 0 Å². The number of rotatable bonds is 3. The molecule has 1 aliphatic heterocycles. The summed E-state index contributed by atoms with van der Waals surface area (Å²) in [6.07, 6.45) is 3.54. The first-order valence-electron chi connectivity index (χ1n) is 6.68. The summed E-state index contributed by atoms with van der Waals surface area (Å²) in [4.78, 5) is 26.7. The highest BCUT2D eigenvalue weighted by Gasteiger charge is 2.34. The summed E-state index contributed by atoms with van der Waals surface area (Å²) in [6.45, 7) is 5.85. The third kappa shape index (κ3) is 2.94.